The Hall–Kier alpha value is -5.96. The molecule has 0 N–H and O–H groups in total. The Morgan fingerprint density at radius 3 is 1.05 bits per heavy atom. The van der Waals surface area contributed by atoms with Crippen LogP contribution in [0.5, 0.6) is 0 Å². The Bertz CT molecular complexity index is 2790. The van der Waals surface area contributed by atoms with Crippen molar-refractivity contribution in [1.82, 2.24) is 33.8 Å². The Morgan fingerprint density at radius 1 is 0.405 bits per heavy atom. The Balaban J connectivity index is 1.65. The van der Waals surface area contributed by atoms with Crippen LogP contribution in [0.2, 0.25) is 0 Å². The third-order valence-corrected chi connectivity index (χ3v) is 8.86. The lowest BCUT2D eigenvalue weighted by atomic mass is 10.2. The first-order valence-electron chi connectivity index (χ1n) is 13.9. The van der Waals surface area contributed by atoms with Gasteiger partial charge in [0.25, 0.3) is 0 Å². The zero-order valence-corrected chi connectivity index (χ0v) is 22.3. The maximum atomic E-state index is 5.43. The molecule has 0 aliphatic carbocycles. The Morgan fingerprint density at radius 2 is 0.690 bits per heavy atom. The predicted molar refractivity (Wildman–Crippen MR) is 161 cm³/mol. The van der Waals surface area contributed by atoms with Crippen LogP contribution in [0.15, 0.2) is 97.1 Å². The van der Waals surface area contributed by atoms with E-state index in [2.05, 4.69) is 120 Å². The molecule has 0 fully saturated rings. The highest BCUT2D eigenvalue weighted by Crippen LogP contribution is 2.31. The van der Waals surface area contributed by atoms with Crippen molar-refractivity contribution in [3.63, 3.8) is 0 Å². The molecular formula is C33H19N9+2. The summed E-state index contributed by atoms with van der Waals surface area (Å²) < 4.78 is 10.6. The van der Waals surface area contributed by atoms with E-state index in [4.69, 9.17) is 19.9 Å². The van der Waals surface area contributed by atoms with Gasteiger partial charge in [0.15, 0.2) is 0 Å². The smallest absolute Gasteiger partial charge is 0.296 e. The van der Waals surface area contributed by atoms with Crippen LogP contribution in [0.25, 0.3) is 88.3 Å². The molecule has 42 heavy (non-hydrogen) atoms. The first kappa shape index (κ1) is 20.9. The summed E-state index contributed by atoms with van der Waals surface area (Å²) in [6.45, 7) is 0. The van der Waals surface area contributed by atoms with Crippen LogP contribution in [-0.2, 0) is 7.05 Å². The van der Waals surface area contributed by atoms with Gasteiger partial charge in [-0.3, -0.25) is 4.57 Å². The van der Waals surface area contributed by atoms with Crippen LogP contribution in [-0.4, -0.2) is 33.8 Å². The lowest BCUT2D eigenvalue weighted by Gasteiger charge is -2.01. The third-order valence-electron chi connectivity index (χ3n) is 8.86. The topological polar surface area (TPSA) is 73.5 Å². The second kappa shape index (κ2) is 6.84. The third kappa shape index (κ3) is 2.20. The highest BCUT2D eigenvalue weighted by molar-refractivity contribution is 6.10. The van der Waals surface area contributed by atoms with Gasteiger partial charge in [-0.1, -0.05) is 68.6 Å². The summed E-state index contributed by atoms with van der Waals surface area (Å²) in [5.41, 5.74) is 6.62. The summed E-state index contributed by atoms with van der Waals surface area (Å²) >= 11 is 0. The van der Waals surface area contributed by atoms with Crippen molar-refractivity contribution in [2.45, 2.75) is 0 Å². The predicted octanol–water partition coefficient (Wildman–Crippen LogP) is 4.94. The molecular weight excluding hydrogens is 522 g/mol. The molecule has 0 saturated heterocycles. The minimum atomic E-state index is 0.801. The maximum absolute atomic E-state index is 5.43. The first-order valence-corrected chi connectivity index (χ1v) is 13.9. The van der Waals surface area contributed by atoms with Crippen molar-refractivity contribution in [3.05, 3.63) is 97.1 Å². The van der Waals surface area contributed by atoms with E-state index < -0.39 is 0 Å². The number of benzene rings is 4. The quantitative estimate of drug-likeness (QED) is 0.255. The molecule has 7 aromatic heterocycles. The van der Waals surface area contributed by atoms with Crippen molar-refractivity contribution >= 4 is 88.3 Å². The second-order valence-electron chi connectivity index (χ2n) is 11.0. The van der Waals surface area contributed by atoms with Gasteiger partial charge < -0.3 is 0 Å². The molecule has 0 amide bonds. The molecule has 11 rings (SSSR count). The number of fused-ring (bicyclic) bond motifs is 14. The van der Waals surface area contributed by atoms with E-state index in [9.17, 15) is 0 Å². The number of nitrogens with zero attached hydrogens (tertiary/aromatic N) is 9. The minimum absolute atomic E-state index is 0.801. The number of hydrogen-bond donors (Lipinski definition) is 0. The van der Waals surface area contributed by atoms with E-state index in [1.807, 2.05) is 7.05 Å². The van der Waals surface area contributed by atoms with Gasteiger partial charge in [0.1, 0.15) is 5.65 Å². The molecule has 0 spiro atoms. The van der Waals surface area contributed by atoms with Crippen LogP contribution in [0, 0.1) is 0 Å². The van der Waals surface area contributed by atoms with E-state index in [-0.39, 0.29) is 0 Å². The summed E-state index contributed by atoms with van der Waals surface area (Å²) in [5, 5.41) is 8.32. The molecule has 0 aliphatic rings. The van der Waals surface area contributed by atoms with Crippen molar-refractivity contribution in [1.29, 1.82) is 0 Å². The molecule has 2 bridgehead atoms. The van der Waals surface area contributed by atoms with Gasteiger partial charge >= 0.3 is 16.9 Å². The fraction of sp³-hybridized carbons (Fsp3) is 0.0303. The lowest BCUT2D eigenvalue weighted by molar-refractivity contribution is -0.770. The monoisotopic (exact) mass is 541 g/mol. The average Bonchev–Trinajstić information content (AvgIpc) is 3.72. The molecule has 0 saturated carbocycles. The van der Waals surface area contributed by atoms with Crippen molar-refractivity contribution in [2.24, 2.45) is 7.05 Å². The summed E-state index contributed by atoms with van der Waals surface area (Å²) in [7, 11) is 2.05. The fourth-order valence-electron chi connectivity index (χ4n) is 7.03. The second-order valence-corrected chi connectivity index (χ2v) is 11.0. The Labute approximate surface area is 235 Å². The zero-order valence-electron chi connectivity index (χ0n) is 22.3. The van der Waals surface area contributed by atoms with Crippen LogP contribution in [0.4, 0.5) is 0 Å². The van der Waals surface area contributed by atoms with Gasteiger partial charge in [-0.2, -0.15) is 9.97 Å². The van der Waals surface area contributed by atoms with E-state index in [1.54, 1.807) is 0 Å². The Kier molecular flexibility index (Phi) is 3.40. The molecule has 0 aliphatic heterocycles. The van der Waals surface area contributed by atoms with Gasteiger partial charge in [-0.15, -0.1) is 0 Å². The molecule has 11 aromatic rings. The molecule has 194 valence electrons. The number of rotatable bonds is 0. The lowest BCUT2D eigenvalue weighted by Crippen LogP contribution is -2.51. The van der Waals surface area contributed by atoms with Gasteiger partial charge in [-0.25, -0.2) is 0 Å². The van der Waals surface area contributed by atoms with Gasteiger partial charge in [0.05, 0.1) is 37.1 Å². The first-order chi connectivity index (χ1) is 20.8. The van der Waals surface area contributed by atoms with E-state index in [0.29, 0.717) is 0 Å². The molecule has 9 nitrogen and oxygen atoms in total. The van der Waals surface area contributed by atoms with Gasteiger partial charge in [-0.05, 0) is 52.0 Å². The highest BCUT2D eigenvalue weighted by atomic mass is 15.7. The van der Waals surface area contributed by atoms with Crippen molar-refractivity contribution in [3.8, 4) is 0 Å². The maximum Gasteiger partial charge on any atom is 0.329 e. The average molecular weight is 542 g/mol. The van der Waals surface area contributed by atoms with Crippen LogP contribution >= 0.6 is 0 Å². The number of aromatic nitrogens is 9. The van der Waals surface area contributed by atoms with Crippen molar-refractivity contribution in [2.75, 3.05) is 0 Å². The summed E-state index contributed by atoms with van der Waals surface area (Å²) in [5.74, 6) is 0. The molecule has 0 unspecified atom stereocenters. The molecule has 9 heteroatoms. The van der Waals surface area contributed by atoms with Gasteiger partial charge in [0, 0.05) is 17.8 Å². The summed E-state index contributed by atoms with van der Waals surface area (Å²) in [4.78, 5) is 21.5. The van der Waals surface area contributed by atoms with Crippen LogP contribution in [0.1, 0.15) is 0 Å². The fourth-order valence-corrected chi connectivity index (χ4v) is 7.03. The number of aryl methyl sites for hydroxylation is 1. The standard InChI is InChI=1S/C33H19N9/c1-38-26-18-10-2-3-11-19(18)27(38)35-29-21-13-5-7-15-23(21)31-37-33-25-17-9-8-16-24(25)32-36-30-22-14-6-4-12-20(22)28(34-26)39(30)42(40(29)31)41(32)33/h2-17H,1H3/q+2. The minimum Gasteiger partial charge on any atom is -0.296 e. The largest absolute Gasteiger partial charge is 0.329 e. The van der Waals surface area contributed by atoms with E-state index >= 15 is 0 Å². The number of hydrogen-bond acceptors (Lipinski definition) is 4. The zero-order chi connectivity index (χ0) is 27.3. The van der Waals surface area contributed by atoms with Gasteiger partial charge in [0.2, 0.25) is 22.6 Å². The van der Waals surface area contributed by atoms with Crippen LogP contribution in [0.3, 0.4) is 0 Å². The molecule has 0 radical (unpaired) electrons. The summed E-state index contributed by atoms with van der Waals surface area (Å²) in [6.07, 6.45) is 0. The molecule has 0 atom stereocenters. The SMILES string of the molecule is Cn1c2nc3c4ccccc4c4nc5c6ccccc6c6nc7c8ccccc8c(nc1c1ccccc12)[n+]7n(n56)[n+]34. The molecule has 7 heterocycles. The van der Waals surface area contributed by atoms with Crippen molar-refractivity contribution < 1.29 is 9.03 Å². The highest BCUT2D eigenvalue weighted by Gasteiger charge is 2.34. The van der Waals surface area contributed by atoms with E-state index in [1.165, 1.54) is 0 Å². The van der Waals surface area contributed by atoms with Crippen LogP contribution < -0.4 is 9.03 Å². The summed E-state index contributed by atoms with van der Waals surface area (Å²) in [6, 6.07) is 33.5. The molecule has 4 aromatic carbocycles. The van der Waals surface area contributed by atoms with E-state index in [0.717, 1.165) is 88.3 Å². The normalized spacial score (nSPS) is 12.9.